The van der Waals surface area contributed by atoms with Crippen LogP contribution in [0.1, 0.15) is 53.9 Å². The van der Waals surface area contributed by atoms with Gasteiger partial charge in [0.25, 0.3) is 0 Å². The third-order valence-corrected chi connectivity index (χ3v) is 2.99. The molecule has 5 nitrogen and oxygen atoms in total. The van der Waals surface area contributed by atoms with Gasteiger partial charge in [0.1, 0.15) is 5.75 Å². The van der Waals surface area contributed by atoms with Gasteiger partial charge in [0.15, 0.2) is 11.5 Å². The predicted molar refractivity (Wildman–Crippen MR) is 92.4 cm³/mol. The molecule has 0 fully saturated rings. The number of esters is 2. The highest BCUT2D eigenvalue weighted by molar-refractivity contribution is 5.76. The Kier molecular flexibility index (Phi) is 8.30. The summed E-state index contributed by atoms with van der Waals surface area (Å²) in [6, 6.07) is 4.89. The van der Waals surface area contributed by atoms with Crippen LogP contribution in [0.25, 0.3) is 0 Å². The largest absolute Gasteiger partial charge is 0.493 e. The quantitative estimate of drug-likeness (QED) is 0.495. The van der Waals surface area contributed by atoms with Gasteiger partial charge in [-0.1, -0.05) is 34.6 Å². The zero-order valence-corrected chi connectivity index (χ0v) is 15.3. The molecule has 1 rings (SSSR count). The van der Waals surface area contributed by atoms with Gasteiger partial charge < -0.3 is 14.2 Å². The molecule has 0 atom stereocenters. The Morgan fingerprint density at radius 2 is 1.46 bits per heavy atom. The summed E-state index contributed by atoms with van der Waals surface area (Å²) in [7, 11) is 0. The van der Waals surface area contributed by atoms with E-state index in [1.807, 2.05) is 34.6 Å². The summed E-state index contributed by atoms with van der Waals surface area (Å²) in [5, 5.41) is 0. The van der Waals surface area contributed by atoms with Gasteiger partial charge in [-0.25, -0.2) is 0 Å². The summed E-state index contributed by atoms with van der Waals surface area (Å²) in [6.45, 7) is 10.3. The molecule has 0 bridgehead atoms. The van der Waals surface area contributed by atoms with Gasteiger partial charge in [-0.3, -0.25) is 9.59 Å². The van der Waals surface area contributed by atoms with Gasteiger partial charge in [0.05, 0.1) is 6.61 Å². The standard InChI is InChI=1S/C19H28O5/c1-6-9-22-15-7-8-16(23-18(20)10-13(2)3)17(12-15)24-19(21)11-14(4)5/h7-8,12-14H,6,9-11H2,1-5H3. The summed E-state index contributed by atoms with van der Waals surface area (Å²) in [5.41, 5.74) is 0. The normalized spacial score (nSPS) is 10.8. The molecule has 0 aliphatic carbocycles. The van der Waals surface area contributed by atoms with E-state index in [-0.39, 0.29) is 35.3 Å². The van der Waals surface area contributed by atoms with Crippen LogP contribution in [-0.2, 0) is 9.59 Å². The molecule has 0 spiro atoms. The Morgan fingerprint density at radius 3 is 1.96 bits per heavy atom. The Balaban J connectivity index is 2.94. The molecule has 0 saturated heterocycles. The zero-order chi connectivity index (χ0) is 18.1. The highest BCUT2D eigenvalue weighted by atomic mass is 16.6. The van der Waals surface area contributed by atoms with Gasteiger partial charge in [0, 0.05) is 18.9 Å². The number of rotatable bonds is 9. The van der Waals surface area contributed by atoms with E-state index in [0.717, 1.165) is 6.42 Å². The van der Waals surface area contributed by atoms with Crippen molar-refractivity contribution in [1.29, 1.82) is 0 Å². The number of hydrogen-bond donors (Lipinski definition) is 0. The van der Waals surface area contributed by atoms with Crippen LogP contribution in [0.3, 0.4) is 0 Å². The van der Waals surface area contributed by atoms with E-state index in [9.17, 15) is 9.59 Å². The van der Waals surface area contributed by atoms with Crippen LogP contribution < -0.4 is 14.2 Å². The van der Waals surface area contributed by atoms with Crippen molar-refractivity contribution in [3.8, 4) is 17.2 Å². The maximum atomic E-state index is 12.0. The lowest BCUT2D eigenvalue weighted by Crippen LogP contribution is -2.14. The maximum Gasteiger partial charge on any atom is 0.311 e. The summed E-state index contributed by atoms with van der Waals surface area (Å²) >= 11 is 0. The van der Waals surface area contributed by atoms with Crippen LogP contribution in [0, 0.1) is 11.8 Å². The third-order valence-electron chi connectivity index (χ3n) is 2.99. The minimum Gasteiger partial charge on any atom is -0.493 e. The van der Waals surface area contributed by atoms with Gasteiger partial charge in [-0.05, 0) is 30.4 Å². The van der Waals surface area contributed by atoms with Gasteiger partial charge in [-0.15, -0.1) is 0 Å². The highest BCUT2D eigenvalue weighted by Gasteiger charge is 2.16. The molecule has 0 aliphatic heterocycles. The fourth-order valence-corrected chi connectivity index (χ4v) is 1.96. The lowest BCUT2D eigenvalue weighted by molar-refractivity contribution is -0.138. The SMILES string of the molecule is CCCOc1ccc(OC(=O)CC(C)C)c(OC(=O)CC(C)C)c1. The minimum atomic E-state index is -0.362. The first-order chi connectivity index (χ1) is 11.3. The summed E-state index contributed by atoms with van der Waals surface area (Å²) < 4.78 is 16.3. The van der Waals surface area contributed by atoms with E-state index in [1.165, 1.54) is 0 Å². The van der Waals surface area contributed by atoms with E-state index in [1.54, 1.807) is 18.2 Å². The number of ether oxygens (including phenoxy) is 3. The second-order valence-electron chi connectivity index (χ2n) is 6.60. The van der Waals surface area contributed by atoms with Crippen molar-refractivity contribution in [2.75, 3.05) is 6.61 Å². The van der Waals surface area contributed by atoms with Crippen molar-refractivity contribution < 1.29 is 23.8 Å². The van der Waals surface area contributed by atoms with Crippen molar-refractivity contribution in [3.63, 3.8) is 0 Å². The van der Waals surface area contributed by atoms with Crippen molar-refractivity contribution >= 4 is 11.9 Å². The first kappa shape index (κ1) is 20.0. The first-order valence-electron chi connectivity index (χ1n) is 8.50. The monoisotopic (exact) mass is 336 g/mol. The fourth-order valence-electron chi connectivity index (χ4n) is 1.96. The third kappa shape index (κ3) is 7.49. The van der Waals surface area contributed by atoms with Crippen LogP contribution in [0.5, 0.6) is 17.2 Å². The summed E-state index contributed by atoms with van der Waals surface area (Å²) in [4.78, 5) is 23.9. The minimum absolute atomic E-state index is 0.184. The maximum absolute atomic E-state index is 12.0. The van der Waals surface area contributed by atoms with Gasteiger partial charge in [-0.2, -0.15) is 0 Å². The Morgan fingerprint density at radius 1 is 0.917 bits per heavy atom. The Labute approximate surface area is 144 Å². The molecular weight excluding hydrogens is 308 g/mol. The molecule has 5 heteroatoms. The summed E-state index contributed by atoms with van der Waals surface area (Å²) in [5.74, 6) is 0.688. The van der Waals surface area contributed by atoms with E-state index in [0.29, 0.717) is 25.2 Å². The summed E-state index contributed by atoms with van der Waals surface area (Å²) in [6.07, 6.45) is 1.46. The Bertz CT molecular complexity index is 549. The van der Waals surface area contributed by atoms with Crippen molar-refractivity contribution in [1.82, 2.24) is 0 Å². The molecule has 0 unspecified atom stereocenters. The lowest BCUT2D eigenvalue weighted by atomic mass is 10.1. The molecule has 0 heterocycles. The van der Waals surface area contributed by atoms with E-state index >= 15 is 0 Å². The second kappa shape index (κ2) is 9.96. The molecular formula is C19H28O5. The number of hydrogen-bond acceptors (Lipinski definition) is 5. The number of benzene rings is 1. The molecule has 134 valence electrons. The van der Waals surface area contributed by atoms with Crippen LogP contribution in [-0.4, -0.2) is 18.5 Å². The number of carbonyl (C=O) groups excluding carboxylic acids is 2. The lowest BCUT2D eigenvalue weighted by Gasteiger charge is -2.14. The van der Waals surface area contributed by atoms with E-state index in [2.05, 4.69) is 0 Å². The van der Waals surface area contributed by atoms with Crippen molar-refractivity contribution in [2.45, 2.75) is 53.9 Å². The molecule has 0 saturated carbocycles. The predicted octanol–water partition coefficient (Wildman–Crippen LogP) is 4.38. The molecule has 0 aliphatic rings. The second-order valence-corrected chi connectivity index (χ2v) is 6.60. The van der Waals surface area contributed by atoms with Crippen LogP contribution >= 0.6 is 0 Å². The van der Waals surface area contributed by atoms with Crippen LogP contribution in [0.4, 0.5) is 0 Å². The molecule has 0 aromatic heterocycles. The molecule has 1 aromatic carbocycles. The Hall–Kier alpha value is -2.04. The molecule has 0 N–H and O–H groups in total. The van der Waals surface area contributed by atoms with Crippen LogP contribution in [0.15, 0.2) is 18.2 Å². The topological polar surface area (TPSA) is 61.8 Å². The van der Waals surface area contributed by atoms with E-state index < -0.39 is 0 Å². The molecule has 0 amide bonds. The van der Waals surface area contributed by atoms with E-state index in [4.69, 9.17) is 14.2 Å². The van der Waals surface area contributed by atoms with Crippen molar-refractivity contribution in [2.24, 2.45) is 11.8 Å². The van der Waals surface area contributed by atoms with Crippen LogP contribution in [0.2, 0.25) is 0 Å². The highest BCUT2D eigenvalue weighted by Crippen LogP contribution is 2.32. The average Bonchev–Trinajstić information content (AvgIpc) is 2.45. The molecule has 0 radical (unpaired) electrons. The zero-order valence-electron chi connectivity index (χ0n) is 15.3. The van der Waals surface area contributed by atoms with Gasteiger partial charge in [0.2, 0.25) is 0 Å². The number of carbonyl (C=O) groups is 2. The fraction of sp³-hybridized carbons (Fsp3) is 0.579. The average molecular weight is 336 g/mol. The smallest absolute Gasteiger partial charge is 0.311 e. The first-order valence-corrected chi connectivity index (χ1v) is 8.50. The molecule has 24 heavy (non-hydrogen) atoms. The van der Waals surface area contributed by atoms with Gasteiger partial charge >= 0.3 is 11.9 Å². The molecule has 1 aromatic rings. The van der Waals surface area contributed by atoms with Crippen molar-refractivity contribution in [3.05, 3.63) is 18.2 Å².